The first-order valence-electron chi connectivity index (χ1n) is 8.95. The van der Waals surface area contributed by atoms with Gasteiger partial charge in [-0.15, -0.1) is 0 Å². The molecule has 0 heterocycles. The Bertz CT molecular complexity index is 973. The highest BCUT2D eigenvalue weighted by Crippen LogP contribution is 2.40. The number of anilines is 1. The van der Waals surface area contributed by atoms with Crippen molar-refractivity contribution >= 4 is 11.6 Å². The van der Waals surface area contributed by atoms with Crippen LogP contribution in [0.1, 0.15) is 10.4 Å². The van der Waals surface area contributed by atoms with Crippen molar-refractivity contribution in [1.29, 1.82) is 0 Å². The molecule has 0 aliphatic rings. The highest BCUT2D eigenvalue weighted by atomic mass is 16.5. The van der Waals surface area contributed by atoms with Crippen molar-refractivity contribution in [2.75, 3.05) is 33.8 Å². The monoisotopic (exact) mass is 393 g/mol. The van der Waals surface area contributed by atoms with E-state index in [9.17, 15) is 4.79 Å². The maximum Gasteiger partial charge on any atom is 0.255 e. The molecule has 1 amide bonds. The molecule has 0 saturated carbocycles. The Morgan fingerprint density at radius 3 is 1.93 bits per heavy atom. The molecule has 29 heavy (non-hydrogen) atoms. The van der Waals surface area contributed by atoms with Crippen LogP contribution in [0.15, 0.2) is 60.7 Å². The van der Waals surface area contributed by atoms with Gasteiger partial charge in [-0.05, 0) is 35.4 Å². The second-order valence-corrected chi connectivity index (χ2v) is 6.18. The first-order chi connectivity index (χ1) is 14.1. The highest BCUT2D eigenvalue weighted by molar-refractivity contribution is 6.05. The Balaban J connectivity index is 1.86. The van der Waals surface area contributed by atoms with Crippen LogP contribution in [0.25, 0.3) is 11.1 Å². The van der Waals surface area contributed by atoms with E-state index in [1.165, 1.54) is 21.3 Å². The molecule has 6 nitrogen and oxygen atoms in total. The molecule has 1 N–H and O–H groups in total. The summed E-state index contributed by atoms with van der Waals surface area (Å²) in [5.74, 6) is 1.94. The largest absolute Gasteiger partial charge is 0.497 e. The van der Waals surface area contributed by atoms with E-state index in [0.29, 0.717) is 28.5 Å². The second-order valence-electron chi connectivity index (χ2n) is 6.18. The lowest BCUT2D eigenvalue weighted by Crippen LogP contribution is -2.12. The number of nitrogens with one attached hydrogen (secondary N) is 1. The number of methoxy groups -OCH3 is 4. The predicted octanol–water partition coefficient (Wildman–Crippen LogP) is 4.64. The van der Waals surface area contributed by atoms with Crippen LogP contribution in [0.2, 0.25) is 0 Å². The molecule has 0 unspecified atom stereocenters. The van der Waals surface area contributed by atoms with Crippen molar-refractivity contribution in [3.05, 3.63) is 66.2 Å². The zero-order valence-corrected chi connectivity index (χ0v) is 16.8. The Labute approximate surface area is 170 Å². The Morgan fingerprint density at radius 2 is 1.38 bits per heavy atom. The van der Waals surface area contributed by atoms with E-state index in [2.05, 4.69) is 5.32 Å². The van der Waals surface area contributed by atoms with E-state index in [1.807, 2.05) is 42.5 Å². The van der Waals surface area contributed by atoms with Gasteiger partial charge in [0.2, 0.25) is 5.75 Å². The number of ether oxygens (including phenoxy) is 4. The van der Waals surface area contributed by atoms with Gasteiger partial charge >= 0.3 is 0 Å². The predicted molar refractivity (Wildman–Crippen MR) is 112 cm³/mol. The van der Waals surface area contributed by atoms with Gasteiger partial charge in [0.1, 0.15) is 5.75 Å². The van der Waals surface area contributed by atoms with Gasteiger partial charge in [0, 0.05) is 23.4 Å². The molecule has 150 valence electrons. The summed E-state index contributed by atoms with van der Waals surface area (Å²) in [7, 11) is 6.22. The van der Waals surface area contributed by atoms with Gasteiger partial charge in [-0.2, -0.15) is 0 Å². The lowest BCUT2D eigenvalue weighted by molar-refractivity contribution is 0.102. The topological polar surface area (TPSA) is 66.0 Å². The summed E-state index contributed by atoms with van der Waals surface area (Å²) in [5.41, 5.74) is 3.00. The van der Waals surface area contributed by atoms with Crippen LogP contribution in [-0.4, -0.2) is 34.3 Å². The fourth-order valence-corrected chi connectivity index (χ4v) is 2.98. The molecule has 0 fully saturated rings. The summed E-state index contributed by atoms with van der Waals surface area (Å²) >= 11 is 0. The smallest absolute Gasteiger partial charge is 0.255 e. The fraction of sp³-hybridized carbons (Fsp3) is 0.174. The highest BCUT2D eigenvalue weighted by Gasteiger charge is 2.15. The van der Waals surface area contributed by atoms with Crippen molar-refractivity contribution in [3.63, 3.8) is 0 Å². The summed E-state index contributed by atoms with van der Waals surface area (Å²) in [6, 6.07) is 18.5. The second kappa shape index (κ2) is 9.01. The molecule has 3 rings (SSSR count). The summed E-state index contributed by atoms with van der Waals surface area (Å²) in [6.45, 7) is 0. The average Bonchev–Trinajstić information content (AvgIpc) is 2.78. The van der Waals surface area contributed by atoms with Gasteiger partial charge in [-0.1, -0.05) is 24.3 Å². The van der Waals surface area contributed by atoms with E-state index < -0.39 is 0 Å². The lowest BCUT2D eigenvalue weighted by atomic mass is 10.0. The van der Waals surface area contributed by atoms with E-state index in [4.69, 9.17) is 18.9 Å². The number of hydrogen-bond donors (Lipinski definition) is 1. The molecule has 0 aliphatic carbocycles. The number of carbonyl (C=O) groups excluding carboxylic acids is 1. The van der Waals surface area contributed by atoms with Crippen LogP contribution in [0, 0.1) is 0 Å². The standard InChI is InChI=1S/C23H23NO5/c1-26-19-10-8-15(9-11-19)16-6-5-7-17(12-16)23(25)24-18-13-20(27-2)22(29-4)21(14-18)28-3/h5-14H,1-4H3,(H,24,25). The molecule has 3 aromatic carbocycles. The maximum absolute atomic E-state index is 12.8. The third-order valence-electron chi connectivity index (χ3n) is 4.47. The third kappa shape index (κ3) is 4.43. The minimum Gasteiger partial charge on any atom is -0.497 e. The molecule has 0 bridgehead atoms. The number of amides is 1. The van der Waals surface area contributed by atoms with Crippen LogP contribution < -0.4 is 24.3 Å². The van der Waals surface area contributed by atoms with Crippen LogP contribution >= 0.6 is 0 Å². The number of rotatable bonds is 7. The fourth-order valence-electron chi connectivity index (χ4n) is 2.98. The van der Waals surface area contributed by atoms with E-state index >= 15 is 0 Å². The Morgan fingerprint density at radius 1 is 0.724 bits per heavy atom. The summed E-state index contributed by atoms with van der Waals surface area (Å²) in [4.78, 5) is 12.8. The van der Waals surface area contributed by atoms with Gasteiger partial charge < -0.3 is 24.3 Å². The van der Waals surface area contributed by atoms with Crippen molar-refractivity contribution in [2.24, 2.45) is 0 Å². The Kier molecular flexibility index (Phi) is 6.24. The molecule has 0 aromatic heterocycles. The summed E-state index contributed by atoms with van der Waals surface area (Å²) < 4.78 is 21.2. The van der Waals surface area contributed by atoms with Crippen LogP contribution in [0.3, 0.4) is 0 Å². The summed E-state index contributed by atoms with van der Waals surface area (Å²) in [5, 5.41) is 2.88. The molecule has 0 radical (unpaired) electrons. The lowest BCUT2D eigenvalue weighted by Gasteiger charge is -2.15. The van der Waals surface area contributed by atoms with E-state index in [1.54, 1.807) is 25.3 Å². The molecule has 0 saturated heterocycles. The Hall–Kier alpha value is -3.67. The minimum atomic E-state index is -0.241. The van der Waals surface area contributed by atoms with Crippen molar-refractivity contribution in [2.45, 2.75) is 0 Å². The zero-order valence-electron chi connectivity index (χ0n) is 16.8. The van der Waals surface area contributed by atoms with Crippen LogP contribution in [-0.2, 0) is 0 Å². The molecule has 3 aromatic rings. The molecule has 0 aliphatic heterocycles. The van der Waals surface area contributed by atoms with Gasteiger partial charge in [-0.3, -0.25) is 4.79 Å². The molecular weight excluding hydrogens is 370 g/mol. The van der Waals surface area contributed by atoms with Gasteiger partial charge in [0.15, 0.2) is 11.5 Å². The van der Waals surface area contributed by atoms with Crippen molar-refractivity contribution in [3.8, 4) is 34.1 Å². The van der Waals surface area contributed by atoms with E-state index in [-0.39, 0.29) is 5.91 Å². The minimum absolute atomic E-state index is 0.241. The van der Waals surface area contributed by atoms with Crippen molar-refractivity contribution < 1.29 is 23.7 Å². The molecule has 6 heteroatoms. The van der Waals surface area contributed by atoms with E-state index in [0.717, 1.165) is 16.9 Å². The van der Waals surface area contributed by atoms with Crippen molar-refractivity contribution in [1.82, 2.24) is 0 Å². The first kappa shape index (κ1) is 20.1. The average molecular weight is 393 g/mol. The molecule has 0 atom stereocenters. The molecule has 0 spiro atoms. The quantitative estimate of drug-likeness (QED) is 0.633. The zero-order chi connectivity index (χ0) is 20.8. The number of hydrogen-bond acceptors (Lipinski definition) is 5. The van der Waals surface area contributed by atoms with Gasteiger partial charge in [-0.25, -0.2) is 0 Å². The third-order valence-corrected chi connectivity index (χ3v) is 4.47. The SMILES string of the molecule is COc1ccc(-c2cccc(C(=O)Nc3cc(OC)c(OC)c(OC)c3)c2)cc1. The normalized spacial score (nSPS) is 10.2. The van der Waals surface area contributed by atoms with Crippen LogP contribution in [0.4, 0.5) is 5.69 Å². The van der Waals surface area contributed by atoms with Crippen LogP contribution in [0.5, 0.6) is 23.0 Å². The maximum atomic E-state index is 12.8. The summed E-state index contributed by atoms with van der Waals surface area (Å²) in [6.07, 6.45) is 0. The molecular formula is C23H23NO5. The number of benzene rings is 3. The first-order valence-corrected chi connectivity index (χ1v) is 8.95. The van der Waals surface area contributed by atoms with Gasteiger partial charge in [0.05, 0.1) is 28.4 Å². The number of carbonyl (C=O) groups is 1. The van der Waals surface area contributed by atoms with Gasteiger partial charge in [0.25, 0.3) is 5.91 Å².